The molecule has 0 bridgehead atoms. The van der Waals surface area contributed by atoms with Gasteiger partial charge in [-0.2, -0.15) is 0 Å². The third-order valence-corrected chi connectivity index (χ3v) is 5.82. The molecule has 0 atom stereocenters. The Morgan fingerprint density at radius 3 is 1.88 bits per heavy atom. The average molecular weight is 345 g/mol. The predicted molar refractivity (Wildman–Crippen MR) is 106 cm³/mol. The Balaban J connectivity index is 1.54. The molecule has 0 radical (unpaired) electrons. The van der Waals surface area contributed by atoms with E-state index >= 15 is 0 Å². The normalized spacial score (nSPS) is 10.7. The molecule has 116 valence electrons. The molecule has 24 heavy (non-hydrogen) atoms. The number of benzene rings is 3. The van der Waals surface area contributed by atoms with E-state index in [4.69, 9.17) is 0 Å². The van der Waals surface area contributed by atoms with Crippen molar-refractivity contribution < 1.29 is 0 Å². The third kappa shape index (κ3) is 3.45. The van der Waals surface area contributed by atoms with Crippen molar-refractivity contribution >= 4 is 23.1 Å². The SMILES string of the molecule is c1ccc(Sc2ccc(-c3cc(-c4ccccc4)cs3)cc2)cc1. The van der Waals surface area contributed by atoms with Gasteiger partial charge in [-0.05, 0) is 52.4 Å². The Kier molecular flexibility index (Phi) is 4.50. The molecule has 0 unspecified atom stereocenters. The molecule has 0 saturated carbocycles. The topological polar surface area (TPSA) is 0 Å². The van der Waals surface area contributed by atoms with Crippen molar-refractivity contribution in [1.82, 2.24) is 0 Å². The van der Waals surface area contributed by atoms with Gasteiger partial charge in [-0.3, -0.25) is 0 Å². The lowest BCUT2D eigenvalue weighted by Crippen LogP contribution is -1.76. The fraction of sp³-hybridized carbons (Fsp3) is 0. The molecule has 0 aliphatic rings. The zero-order chi connectivity index (χ0) is 16.2. The molecule has 0 amide bonds. The first-order valence-electron chi connectivity index (χ1n) is 7.86. The van der Waals surface area contributed by atoms with Crippen LogP contribution >= 0.6 is 23.1 Å². The molecule has 0 aliphatic heterocycles. The summed E-state index contributed by atoms with van der Waals surface area (Å²) in [6.07, 6.45) is 0. The zero-order valence-corrected chi connectivity index (χ0v) is 14.7. The first-order chi connectivity index (χ1) is 11.9. The maximum atomic E-state index is 2.28. The van der Waals surface area contributed by atoms with Crippen molar-refractivity contribution in [2.75, 3.05) is 0 Å². The van der Waals surface area contributed by atoms with E-state index in [-0.39, 0.29) is 0 Å². The van der Waals surface area contributed by atoms with Crippen molar-refractivity contribution in [2.45, 2.75) is 9.79 Å². The highest BCUT2D eigenvalue weighted by molar-refractivity contribution is 7.99. The first kappa shape index (κ1) is 15.3. The van der Waals surface area contributed by atoms with Crippen LogP contribution in [-0.2, 0) is 0 Å². The van der Waals surface area contributed by atoms with Crippen LogP contribution in [-0.4, -0.2) is 0 Å². The van der Waals surface area contributed by atoms with Gasteiger partial charge in [0.1, 0.15) is 0 Å². The molecule has 0 N–H and O–H groups in total. The van der Waals surface area contributed by atoms with Crippen LogP contribution in [0.25, 0.3) is 21.6 Å². The minimum atomic E-state index is 1.27. The molecule has 4 rings (SSSR count). The fourth-order valence-corrected chi connectivity index (χ4v) is 4.34. The summed E-state index contributed by atoms with van der Waals surface area (Å²) in [5.74, 6) is 0. The largest absolute Gasteiger partial charge is 0.143 e. The van der Waals surface area contributed by atoms with E-state index in [1.165, 1.54) is 31.4 Å². The summed E-state index contributed by atoms with van der Waals surface area (Å²) in [6, 6.07) is 32.1. The number of hydrogen-bond donors (Lipinski definition) is 0. The Labute approximate surface area is 150 Å². The highest BCUT2D eigenvalue weighted by Crippen LogP contribution is 2.34. The summed E-state index contributed by atoms with van der Waals surface area (Å²) < 4.78 is 0. The molecule has 0 nitrogen and oxygen atoms in total. The van der Waals surface area contributed by atoms with Gasteiger partial charge in [0.2, 0.25) is 0 Å². The van der Waals surface area contributed by atoms with E-state index in [1.54, 1.807) is 23.1 Å². The Morgan fingerprint density at radius 1 is 0.542 bits per heavy atom. The Hall–Kier alpha value is -2.29. The fourth-order valence-electron chi connectivity index (χ4n) is 2.58. The summed E-state index contributed by atoms with van der Waals surface area (Å²) in [7, 11) is 0. The number of rotatable bonds is 4. The third-order valence-electron chi connectivity index (χ3n) is 3.82. The molecular formula is C22H16S2. The maximum Gasteiger partial charge on any atom is 0.0349 e. The summed E-state index contributed by atoms with van der Waals surface area (Å²) in [5, 5.41) is 2.23. The van der Waals surface area contributed by atoms with Crippen molar-refractivity contribution in [1.29, 1.82) is 0 Å². The lowest BCUT2D eigenvalue weighted by molar-refractivity contribution is 1.41. The van der Waals surface area contributed by atoms with E-state index < -0.39 is 0 Å². The second kappa shape index (κ2) is 7.08. The van der Waals surface area contributed by atoms with Gasteiger partial charge in [-0.15, -0.1) is 11.3 Å². The van der Waals surface area contributed by atoms with Crippen molar-refractivity contribution in [2.24, 2.45) is 0 Å². The molecule has 3 aromatic carbocycles. The quantitative estimate of drug-likeness (QED) is 0.376. The molecular weight excluding hydrogens is 328 g/mol. The van der Waals surface area contributed by atoms with Gasteiger partial charge in [-0.1, -0.05) is 72.4 Å². The predicted octanol–water partition coefficient (Wildman–Crippen LogP) is 7.23. The molecule has 0 spiro atoms. The molecule has 0 aliphatic carbocycles. The summed E-state index contributed by atoms with van der Waals surface area (Å²) in [5.41, 5.74) is 3.84. The van der Waals surface area contributed by atoms with Crippen LogP contribution in [0.5, 0.6) is 0 Å². The minimum absolute atomic E-state index is 1.27. The van der Waals surface area contributed by atoms with E-state index in [2.05, 4.69) is 90.3 Å². The second-order valence-electron chi connectivity index (χ2n) is 5.51. The highest BCUT2D eigenvalue weighted by atomic mass is 32.2. The van der Waals surface area contributed by atoms with Gasteiger partial charge in [-0.25, -0.2) is 0 Å². The van der Waals surface area contributed by atoms with Crippen LogP contribution in [0.3, 0.4) is 0 Å². The van der Waals surface area contributed by atoms with Crippen LogP contribution in [0, 0.1) is 0 Å². The van der Waals surface area contributed by atoms with Gasteiger partial charge in [0.15, 0.2) is 0 Å². The van der Waals surface area contributed by atoms with E-state index in [9.17, 15) is 0 Å². The summed E-state index contributed by atoms with van der Waals surface area (Å²) >= 11 is 3.60. The number of hydrogen-bond acceptors (Lipinski definition) is 2. The average Bonchev–Trinajstić information content (AvgIpc) is 3.14. The highest BCUT2D eigenvalue weighted by Gasteiger charge is 2.05. The van der Waals surface area contributed by atoms with Crippen LogP contribution in [0.1, 0.15) is 0 Å². The summed E-state index contributed by atoms with van der Waals surface area (Å²) in [4.78, 5) is 3.85. The van der Waals surface area contributed by atoms with Crippen molar-refractivity contribution in [3.8, 4) is 21.6 Å². The van der Waals surface area contributed by atoms with E-state index in [0.29, 0.717) is 0 Å². The molecule has 2 heteroatoms. The smallest absolute Gasteiger partial charge is 0.0349 e. The van der Waals surface area contributed by atoms with Gasteiger partial charge < -0.3 is 0 Å². The monoisotopic (exact) mass is 344 g/mol. The Bertz CT molecular complexity index is 907. The summed E-state index contributed by atoms with van der Waals surface area (Å²) in [6.45, 7) is 0. The standard InChI is InChI=1S/C22H16S2/c1-3-7-17(8-4-1)19-15-22(23-16-19)18-11-13-21(14-12-18)24-20-9-5-2-6-10-20/h1-16H. The van der Waals surface area contributed by atoms with E-state index in [1.807, 2.05) is 6.07 Å². The van der Waals surface area contributed by atoms with Gasteiger partial charge in [0.25, 0.3) is 0 Å². The second-order valence-corrected chi connectivity index (χ2v) is 7.56. The molecule has 0 saturated heterocycles. The van der Waals surface area contributed by atoms with Gasteiger partial charge in [0, 0.05) is 14.7 Å². The Morgan fingerprint density at radius 2 is 1.17 bits per heavy atom. The van der Waals surface area contributed by atoms with Crippen LogP contribution in [0.2, 0.25) is 0 Å². The van der Waals surface area contributed by atoms with Crippen molar-refractivity contribution in [3.63, 3.8) is 0 Å². The van der Waals surface area contributed by atoms with Gasteiger partial charge >= 0.3 is 0 Å². The lowest BCUT2D eigenvalue weighted by atomic mass is 10.1. The van der Waals surface area contributed by atoms with Crippen LogP contribution in [0.15, 0.2) is 106 Å². The van der Waals surface area contributed by atoms with Crippen molar-refractivity contribution in [3.05, 3.63) is 96.4 Å². The minimum Gasteiger partial charge on any atom is -0.143 e. The number of thiophene rings is 1. The molecule has 0 fully saturated rings. The zero-order valence-electron chi connectivity index (χ0n) is 13.1. The van der Waals surface area contributed by atoms with Gasteiger partial charge in [0.05, 0.1) is 0 Å². The molecule has 1 heterocycles. The lowest BCUT2D eigenvalue weighted by Gasteiger charge is -2.03. The van der Waals surface area contributed by atoms with Crippen LogP contribution in [0.4, 0.5) is 0 Å². The maximum absolute atomic E-state index is 2.28. The van der Waals surface area contributed by atoms with E-state index in [0.717, 1.165) is 0 Å². The molecule has 1 aromatic heterocycles. The first-order valence-corrected chi connectivity index (χ1v) is 9.55. The molecule has 4 aromatic rings. The van der Waals surface area contributed by atoms with Crippen LogP contribution < -0.4 is 0 Å².